The molecule has 1 N–H and O–H groups in total. The Morgan fingerprint density at radius 3 is 1.18 bits per heavy atom. The lowest BCUT2D eigenvalue weighted by atomic mass is 9.69. The van der Waals surface area contributed by atoms with Crippen LogP contribution in [-0.2, 0) is 26.0 Å². The van der Waals surface area contributed by atoms with E-state index in [1.165, 1.54) is 0 Å². The maximum Gasteiger partial charge on any atom is 0.237 e. The van der Waals surface area contributed by atoms with Crippen molar-refractivity contribution in [1.82, 2.24) is 9.80 Å². The predicted octanol–water partition coefficient (Wildman–Crippen LogP) is 5.07. The zero-order valence-electron chi connectivity index (χ0n) is 32.4. The molecule has 0 saturated carbocycles. The second kappa shape index (κ2) is 17.7. The molecule has 1 heterocycles. The van der Waals surface area contributed by atoms with E-state index in [4.69, 9.17) is 11.6 Å². The van der Waals surface area contributed by atoms with E-state index < -0.39 is 16.4 Å². The number of nitrogens with zero attached hydrogens (tertiary/aromatic N) is 3. The fourth-order valence-corrected chi connectivity index (χ4v) is 8.90. The summed E-state index contributed by atoms with van der Waals surface area (Å²) in [5.41, 5.74) is 1.76. The van der Waals surface area contributed by atoms with Gasteiger partial charge < -0.3 is 36.4 Å². The van der Waals surface area contributed by atoms with Gasteiger partial charge in [0.2, 0.25) is 11.8 Å². The Labute approximate surface area is 342 Å². The fraction of sp³-hybridized carbons (Fsp3) is 0.319. The number of carbonyl (C=O) groups is 2. The van der Waals surface area contributed by atoms with Gasteiger partial charge in [0.1, 0.15) is 16.4 Å². The molecule has 1 fully saturated rings. The first kappa shape index (κ1) is 41.9. The lowest BCUT2D eigenvalue weighted by Gasteiger charge is -2.50. The number of quaternary nitrogens is 1. The molecule has 0 spiro atoms. The number of carbonyl (C=O) groups excluding carboxylic acids is 2. The minimum Gasteiger partial charge on any atom is -1.00 e. The van der Waals surface area contributed by atoms with E-state index in [-0.39, 0.29) is 28.8 Å². The highest BCUT2D eigenvalue weighted by Crippen LogP contribution is 2.44. The molecule has 2 amide bonds. The highest BCUT2D eigenvalue weighted by molar-refractivity contribution is 6.30. The van der Waals surface area contributed by atoms with E-state index >= 15 is 0 Å². The second-order valence-corrected chi connectivity index (χ2v) is 15.9. The SMILES string of the molecule is CN(C)C(=O)C(CC[N+]1(CCC(C(=O)N(C)C)(c2ccccc2)c2ccccc2)CCC(O)(c2ccc(Cl)cc2)CC1)(c1ccccc1)c1ccccc1.[Br-]. The maximum atomic E-state index is 14.7. The highest BCUT2D eigenvalue weighted by Gasteiger charge is 2.50. The third-order valence-electron chi connectivity index (χ3n) is 11.9. The number of rotatable bonds is 13. The monoisotopic (exact) mass is 821 g/mol. The van der Waals surface area contributed by atoms with Gasteiger partial charge >= 0.3 is 0 Å². The van der Waals surface area contributed by atoms with Gasteiger partial charge in [-0.2, -0.15) is 0 Å². The normalized spacial score (nSPS) is 15.0. The van der Waals surface area contributed by atoms with Crippen LogP contribution in [0.5, 0.6) is 0 Å². The van der Waals surface area contributed by atoms with Crippen LogP contribution in [0, 0.1) is 0 Å². The van der Waals surface area contributed by atoms with E-state index in [1.54, 1.807) is 9.80 Å². The van der Waals surface area contributed by atoms with Crippen LogP contribution < -0.4 is 17.0 Å². The molecule has 0 aliphatic carbocycles. The average Bonchev–Trinajstić information content (AvgIpc) is 3.21. The van der Waals surface area contributed by atoms with Crippen molar-refractivity contribution in [3.05, 3.63) is 178 Å². The maximum absolute atomic E-state index is 14.7. The number of amides is 2. The fourth-order valence-electron chi connectivity index (χ4n) is 8.77. The Balaban J connectivity index is 0.00000580. The summed E-state index contributed by atoms with van der Waals surface area (Å²) in [4.78, 5) is 32.9. The Bertz CT molecular complexity index is 1790. The van der Waals surface area contributed by atoms with Gasteiger partial charge in [0.15, 0.2) is 0 Å². The molecule has 0 aromatic heterocycles. The molecule has 55 heavy (non-hydrogen) atoms. The van der Waals surface area contributed by atoms with Crippen LogP contribution in [0.2, 0.25) is 5.02 Å². The number of benzene rings is 5. The van der Waals surface area contributed by atoms with Crippen LogP contribution in [0.15, 0.2) is 146 Å². The molecule has 0 atom stereocenters. The Morgan fingerprint density at radius 2 is 0.891 bits per heavy atom. The van der Waals surface area contributed by atoms with Crippen LogP contribution >= 0.6 is 11.6 Å². The molecule has 0 radical (unpaired) electrons. The van der Waals surface area contributed by atoms with E-state index in [9.17, 15) is 14.7 Å². The smallest absolute Gasteiger partial charge is 0.237 e. The third kappa shape index (κ3) is 8.46. The number of halogens is 2. The van der Waals surface area contributed by atoms with Crippen molar-refractivity contribution in [2.45, 2.75) is 42.1 Å². The van der Waals surface area contributed by atoms with Crippen molar-refractivity contribution < 1.29 is 36.2 Å². The number of piperidine rings is 1. The number of aliphatic hydroxyl groups is 1. The molecule has 8 heteroatoms. The van der Waals surface area contributed by atoms with Crippen molar-refractivity contribution in [2.24, 2.45) is 0 Å². The van der Waals surface area contributed by atoms with Crippen molar-refractivity contribution in [3.8, 4) is 0 Å². The van der Waals surface area contributed by atoms with E-state index in [1.807, 2.05) is 125 Å². The van der Waals surface area contributed by atoms with Crippen molar-refractivity contribution in [2.75, 3.05) is 54.4 Å². The zero-order chi connectivity index (χ0) is 38.4. The highest BCUT2D eigenvalue weighted by atomic mass is 79.9. The summed E-state index contributed by atoms with van der Waals surface area (Å²) in [6.45, 7) is 2.67. The number of likely N-dealkylation sites (tertiary alicyclic amines) is 1. The van der Waals surface area contributed by atoms with Gasteiger partial charge in [0, 0.05) is 58.9 Å². The first-order valence-corrected chi connectivity index (χ1v) is 19.3. The zero-order valence-corrected chi connectivity index (χ0v) is 34.7. The minimum atomic E-state index is -1.02. The van der Waals surface area contributed by atoms with Gasteiger partial charge in [-0.3, -0.25) is 9.59 Å². The lowest BCUT2D eigenvalue weighted by Crippen LogP contribution is -3.00. The molecular formula is C47H53BrClN3O3. The first-order valence-electron chi connectivity index (χ1n) is 19.0. The molecule has 0 bridgehead atoms. The standard InChI is InChI=1S/C47H53ClN3O3.BrH/c1-49(2)43(52)46(38-17-9-5-10-18-38,39-19-11-6-12-20-39)31-35-51(33-29-45(54,30-34-51)37-25-27-42(48)28-26-37)36-32-47(44(53)50(3)4,40-21-13-7-14-22-40)41-23-15-8-16-24-41;/h5-28,54H,29-36H2,1-4H3;1H/q+1;/p-1. The van der Waals surface area contributed by atoms with Gasteiger partial charge in [-0.25, -0.2) is 0 Å². The van der Waals surface area contributed by atoms with Crippen molar-refractivity contribution >= 4 is 23.4 Å². The van der Waals surface area contributed by atoms with Gasteiger partial charge in [-0.15, -0.1) is 0 Å². The Morgan fingerprint density at radius 1 is 0.582 bits per heavy atom. The topological polar surface area (TPSA) is 60.9 Å². The summed E-state index contributed by atoms with van der Waals surface area (Å²) in [5, 5.41) is 12.8. The van der Waals surface area contributed by atoms with E-state index in [0.717, 1.165) is 27.8 Å². The van der Waals surface area contributed by atoms with Gasteiger partial charge in [0.05, 0.1) is 26.2 Å². The van der Waals surface area contributed by atoms with Crippen LogP contribution in [-0.4, -0.2) is 85.6 Å². The molecule has 6 nitrogen and oxygen atoms in total. The van der Waals surface area contributed by atoms with Crippen LogP contribution in [0.25, 0.3) is 0 Å². The van der Waals surface area contributed by atoms with Gasteiger partial charge in [-0.05, 0) is 39.9 Å². The van der Waals surface area contributed by atoms with Gasteiger partial charge in [-0.1, -0.05) is 145 Å². The van der Waals surface area contributed by atoms with Gasteiger partial charge in [0.25, 0.3) is 0 Å². The van der Waals surface area contributed by atoms with Crippen LogP contribution in [0.3, 0.4) is 0 Å². The molecule has 6 rings (SSSR count). The summed E-state index contributed by atoms with van der Waals surface area (Å²) in [5.74, 6) is 0.0527. The van der Waals surface area contributed by atoms with E-state index in [2.05, 4.69) is 48.5 Å². The molecular weight excluding hydrogens is 770 g/mol. The van der Waals surface area contributed by atoms with Crippen LogP contribution in [0.4, 0.5) is 0 Å². The molecule has 1 aliphatic heterocycles. The second-order valence-electron chi connectivity index (χ2n) is 15.4. The average molecular weight is 823 g/mol. The molecule has 288 valence electrons. The number of hydrogen-bond donors (Lipinski definition) is 1. The quantitative estimate of drug-likeness (QED) is 0.169. The Kier molecular flexibility index (Phi) is 13.5. The largest absolute Gasteiger partial charge is 1.00 e. The summed E-state index contributed by atoms with van der Waals surface area (Å²) in [6, 6.07) is 48.1. The van der Waals surface area contributed by atoms with Crippen molar-refractivity contribution in [3.63, 3.8) is 0 Å². The molecule has 5 aromatic rings. The Hall–Kier alpha value is -4.27. The minimum absolute atomic E-state index is 0. The first-order chi connectivity index (χ1) is 26.0. The lowest BCUT2D eigenvalue weighted by molar-refractivity contribution is -0.936. The molecule has 0 unspecified atom stereocenters. The summed E-state index contributed by atoms with van der Waals surface area (Å²) in [7, 11) is 7.34. The summed E-state index contributed by atoms with van der Waals surface area (Å²) >= 11 is 6.26. The molecule has 1 aliphatic rings. The molecule has 1 saturated heterocycles. The predicted molar refractivity (Wildman–Crippen MR) is 218 cm³/mol. The van der Waals surface area contributed by atoms with Crippen molar-refractivity contribution in [1.29, 1.82) is 0 Å². The number of likely N-dealkylation sites (N-methyl/N-ethyl adjacent to an activating group) is 2. The molecule has 5 aromatic carbocycles. The number of hydrogen-bond acceptors (Lipinski definition) is 3. The van der Waals surface area contributed by atoms with E-state index in [0.29, 0.717) is 61.4 Å². The van der Waals surface area contributed by atoms with Crippen LogP contribution in [0.1, 0.15) is 53.5 Å². The summed E-state index contributed by atoms with van der Waals surface area (Å²) < 4.78 is 0.639. The third-order valence-corrected chi connectivity index (χ3v) is 12.2. The summed E-state index contributed by atoms with van der Waals surface area (Å²) in [6.07, 6.45) is 2.15.